The van der Waals surface area contributed by atoms with Gasteiger partial charge in [-0.3, -0.25) is 0 Å². The predicted octanol–water partition coefficient (Wildman–Crippen LogP) is 4.24. The summed E-state index contributed by atoms with van der Waals surface area (Å²) in [6, 6.07) is 3.05. The van der Waals surface area contributed by atoms with Gasteiger partial charge in [-0.1, -0.05) is 6.07 Å². The smallest absolute Gasteiger partial charge is 0.213 e. The molecule has 0 amide bonds. The number of pyridine rings is 1. The standard InChI is InChI=1S/C18H6F10NOP/c1-30-5-3-2-4-6(29-5)31(17-13(25)9(21)7(19)10(22)14(17)26)18-15(27)11(23)8(20)12(24)16(18)28/h2-4H,1H3. The van der Waals surface area contributed by atoms with E-state index in [-0.39, 0.29) is 5.88 Å². The third kappa shape index (κ3) is 3.58. The van der Waals surface area contributed by atoms with E-state index in [0.717, 1.165) is 25.3 Å². The van der Waals surface area contributed by atoms with Crippen LogP contribution >= 0.6 is 7.92 Å². The number of hydrogen-bond acceptors (Lipinski definition) is 2. The van der Waals surface area contributed by atoms with Gasteiger partial charge in [0.15, 0.2) is 46.5 Å². The van der Waals surface area contributed by atoms with Crippen molar-refractivity contribution in [2.75, 3.05) is 7.11 Å². The molecule has 13 heteroatoms. The lowest BCUT2D eigenvalue weighted by Gasteiger charge is -2.22. The highest BCUT2D eigenvalue weighted by Gasteiger charge is 2.39. The minimum atomic E-state index is -3.63. The first-order valence-electron chi connectivity index (χ1n) is 7.86. The maximum Gasteiger partial charge on any atom is 0.213 e. The molecule has 2 nitrogen and oxygen atoms in total. The van der Waals surface area contributed by atoms with E-state index < -0.39 is 82.1 Å². The van der Waals surface area contributed by atoms with Gasteiger partial charge in [-0.05, 0) is 6.07 Å². The van der Waals surface area contributed by atoms with Gasteiger partial charge in [0.25, 0.3) is 0 Å². The normalized spacial score (nSPS) is 11.4. The van der Waals surface area contributed by atoms with Crippen molar-refractivity contribution < 1.29 is 48.6 Å². The fourth-order valence-corrected chi connectivity index (χ4v) is 4.86. The van der Waals surface area contributed by atoms with E-state index >= 15 is 0 Å². The quantitative estimate of drug-likeness (QED) is 0.245. The molecule has 0 atom stereocenters. The number of benzene rings is 2. The topological polar surface area (TPSA) is 22.1 Å². The van der Waals surface area contributed by atoms with Crippen LogP contribution < -0.4 is 20.8 Å². The molecule has 31 heavy (non-hydrogen) atoms. The highest BCUT2D eigenvalue weighted by atomic mass is 31.1. The average molecular weight is 473 g/mol. The number of aromatic nitrogens is 1. The third-order valence-corrected chi connectivity index (χ3v) is 6.35. The number of nitrogens with zero attached hydrogens (tertiary/aromatic N) is 1. The maximum atomic E-state index is 14.5. The first-order chi connectivity index (χ1) is 14.5. The Hall–Kier alpha value is -2.88. The second kappa shape index (κ2) is 8.33. The third-order valence-electron chi connectivity index (χ3n) is 3.97. The average Bonchev–Trinajstić information content (AvgIpc) is 2.77. The molecule has 0 aliphatic rings. The van der Waals surface area contributed by atoms with Crippen LogP contribution in [0, 0.1) is 58.2 Å². The summed E-state index contributed by atoms with van der Waals surface area (Å²) >= 11 is 0. The van der Waals surface area contributed by atoms with Crippen molar-refractivity contribution in [2.45, 2.75) is 0 Å². The van der Waals surface area contributed by atoms with Crippen molar-refractivity contribution in [2.24, 2.45) is 0 Å². The van der Waals surface area contributed by atoms with Crippen LogP contribution in [-0.2, 0) is 0 Å². The van der Waals surface area contributed by atoms with Crippen molar-refractivity contribution in [3.05, 3.63) is 76.4 Å². The Balaban J connectivity index is 2.52. The summed E-state index contributed by atoms with van der Waals surface area (Å²) in [5.74, 6) is -25.5. The van der Waals surface area contributed by atoms with E-state index in [9.17, 15) is 43.9 Å². The predicted molar refractivity (Wildman–Crippen MR) is 89.1 cm³/mol. The molecule has 2 aromatic carbocycles. The molecule has 0 unspecified atom stereocenters. The van der Waals surface area contributed by atoms with Crippen molar-refractivity contribution in [3.8, 4) is 5.88 Å². The molecule has 0 aliphatic heterocycles. The lowest BCUT2D eigenvalue weighted by Crippen LogP contribution is -2.34. The van der Waals surface area contributed by atoms with Crippen LogP contribution in [0.25, 0.3) is 0 Å². The molecule has 0 radical (unpaired) electrons. The second-order valence-electron chi connectivity index (χ2n) is 5.71. The summed E-state index contributed by atoms with van der Waals surface area (Å²) in [5, 5.41) is -3.62. The Morgan fingerprint density at radius 1 is 0.581 bits per heavy atom. The molecule has 0 N–H and O–H groups in total. The van der Waals surface area contributed by atoms with Crippen LogP contribution in [0.5, 0.6) is 5.88 Å². The number of rotatable bonds is 4. The fraction of sp³-hybridized carbons (Fsp3) is 0.0556. The van der Waals surface area contributed by atoms with E-state index in [1.54, 1.807) is 0 Å². The minimum Gasteiger partial charge on any atom is -0.481 e. The molecule has 1 heterocycles. The number of halogens is 10. The van der Waals surface area contributed by atoms with Gasteiger partial charge in [0, 0.05) is 14.0 Å². The fourth-order valence-electron chi connectivity index (χ4n) is 2.56. The number of hydrogen-bond donors (Lipinski definition) is 0. The Morgan fingerprint density at radius 3 is 1.29 bits per heavy atom. The van der Waals surface area contributed by atoms with Gasteiger partial charge in [0.05, 0.1) is 23.2 Å². The Kier molecular flexibility index (Phi) is 6.13. The Morgan fingerprint density at radius 2 is 0.935 bits per heavy atom. The lowest BCUT2D eigenvalue weighted by molar-refractivity contribution is 0.383. The van der Waals surface area contributed by atoms with E-state index in [1.165, 1.54) is 0 Å². The molecule has 1 aromatic heterocycles. The molecule has 3 aromatic rings. The highest BCUT2D eigenvalue weighted by molar-refractivity contribution is 7.79. The molecule has 0 fully saturated rings. The Labute approximate surface area is 167 Å². The molecule has 0 aliphatic carbocycles. The summed E-state index contributed by atoms with van der Waals surface area (Å²) in [4.78, 5) is 3.63. The maximum absolute atomic E-state index is 14.5. The summed E-state index contributed by atoms with van der Waals surface area (Å²) in [7, 11) is -2.56. The molecule has 0 saturated carbocycles. The molecule has 0 spiro atoms. The van der Waals surface area contributed by atoms with E-state index in [1.807, 2.05) is 0 Å². The molecule has 3 rings (SSSR count). The van der Waals surface area contributed by atoms with Gasteiger partial charge in [-0.15, -0.1) is 0 Å². The van der Waals surface area contributed by atoms with Crippen LogP contribution in [0.4, 0.5) is 43.9 Å². The second-order valence-corrected chi connectivity index (χ2v) is 7.73. The summed E-state index contributed by atoms with van der Waals surface area (Å²) < 4.78 is 145. The van der Waals surface area contributed by atoms with Gasteiger partial charge in [0.2, 0.25) is 17.5 Å². The van der Waals surface area contributed by atoms with Crippen LogP contribution in [0.3, 0.4) is 0 Å². The molecular formula is C18H6F10NOP. The minimum absolute atomic E-state index is 0.335. The van der Waals surface area contributed by atoms with Gasteiger partial charge in [0.1, 0.15) is 0 Å². The van der Waals surface area contributed by atoms with Gasteiger partial charge < -0.3 is 4.74 Å². The lowest BCUT2D eigenvalue weighted by atomic mass is 10.3. The van der Waals surface area contributed by atoms with Crippen molar-refractivity contribution >= 4 is 24.0 Å². The van der Waals surface area contributed by atoms with Crippen LogP contribution in [0.2, 0.25) is 0 Å². The van der Waals surface area contributed by atoms with E-state index in [0.29, 0.717) is 0 Å². The summed E-state index contributed by atoms with van der Waals surface area (Å²) in [6.07, 6.45) is 0. The number of methoxy groups -OCH3 is 1. The highest BCUT2D eigenvalue weighted by Crippen LogP contribution is 2.39. The van der Waals surface area contributed by atoms with Gasteiger partial charge >= 0.3 is 0 Å². The zero-order valence-corrected chi connectivity index (χ0v) is 15.7. The first-order valence-corrected chi connectivity index (χ1v) is 9.21. The van der Waals surface area contributed by atoms with Gasteiger partial charge in [-0.2, -0.15) is 0 Å². The van der Waals surface area contributed by atoms with E-state index in [2.05, 4.69) is 4.98 Å². The summed E-state index contributed by atoms with van der Waals surface area (Å²) in [6.45, 7) is 0. The van der Waals surface area contributed by atoms with Gasteiger partial charge in [-0.25, -0.2) is 48.9 Å². The van der Waals surface area contributed by atoms with Crippen molar-refractivity contribution in [3.63, 3.8) is 0 Å². The zero-order chi connectivity index (χ0) is 23.2. The zero-order valence-electron chi connectivity index (χ0n) is 14.8. The SMILES string of the molecule is COc1cccc(P(c2c(F)c(F)c(F)c(F)c2F)c2c(F)c(F)c(F)c(F)c2F)n1. The molecule has 0 bridgehead atoms. The van der Waals surface area contributed by atoms with Crippen LogP contribution in [-0.4, -0.2) is 12.1 Å². The van der Waals surface area contributed by atoms with Crippen LogP contribution in [0.1, 0.15) is 0 Å². The molecule has 0 saturated heterocycles. The van der Waals surface area contributed by atoms with Crippen molar-refractivity contribution in [1.82, 2.24) is 4.98 Å². The first kappa shape index (κ1) is 22.8. The summed E-state index contributed by atoms with van der Waals surface area (Å²) in [5.41, 5.74) is -0.763. The molecule has 164 valence electrons. The van der Waals surface area contributed by atoms with Crippen molar-refractivity contribution in [1.29, 1.82) is 0 Å². The van der Waals surface area contributed by atoms with E-state index in [4.69, 9.17) is 4.74 Å². The monoisotopic (exact) mass is 473 g/mol. The van der Waals surface area contributed by atoms with Crippen LogP contribution in [0.15, 0.2) is 18.2 Å². The largest absolute Gasteiger partial charge is 0.481 e. The Bertz CT molecular complexity index is 1080. The molecular weight excluding hydrogens is 467 g/mol. The number of ether oxygens (including phenoxy) is 1.